The molecule has 0 aliphatic carbocycles. The minimum Gasteiger partial charge on any atom is -0.478 e. The molecule has 19 heavy (non-hydrogen) atoms. The molecule has 5 heteroatoms. The average Bonchev–Trinajstić information content (AvgIpc) is 2.74. The van der Waals surface area contributed by atoms with Gasteiger partial charge in [-0.05, 0) is 39.4 Å². The van der Waals surface area contributed by atoms with Crippen LogP contribution in [0.3, 0.4) is 0 Å². The maximum absolute atomic E-state index is 11.3. The molecule has 1 aliphatic heterocycles. The van der Waals surface area contributed by atoms with Crippen molar-refractivity contribution in [2.24, 2.45) is 0 Å². The van der Waals surface area contributed by atoms with Crippen LogP contribution in [-0.4, -0.2) is 54.2 Å². The lowest BCUT2D eigenvalue weighted by molar-refractivity contribution is 0.0697. The first kappa shape index (κ1) is 13.8. The normalized spacial score (nSPS) is 19.6. The number of likely N-dealkylation sites (tertiary alicyclic amines) is 1. The molecule has 0 radical (unpaired) electrons. The van der Waals surface area contributed by atoms with E-state index in [9.17, 15) is 9.90 Å². The summed E-state index contributed by atoms with van der Waals surface area (Å²) in [7, 11) is 4.08. The van der Waals surface area contributed by atoms with Gasteiger partial charge in [0.2, 0.25) is 0 Å². The molecule has 2 heterocycles. The Bertz CT molecular complexity index is 476. The van der Waals surface area contributed by atoms with E-state index in [2.05, 4.69) is 16.9 Å². The Morgan fingerprint density at radius 2 is 2.37 bits per heavy atom. The zero-order chi connectivity index (χ0) is 14.0. The number of hydrogen-bond acceptors (Lipinski definition) is 4. The summed E-state index contributed by atoms with van der Waals surface area (Å²) < 4.78 is 0. The van der Waals surface area contributed by atoms with Crippen molar-refractivity contribution in [3.63, 3.8) is 0 Å². The van der Waals surface area contributed by atoms with Crippen LogP contribution in [0, 0.1) is 6.92 Å². The molecular formula is C14H21N3O2. The number of anilines is 1. The van der Waals surface area contributed by atoms with Crippen molar-refractivity contribution >= 4 is 11.7 Å². The number of aryl methyl sites for hydroxylation is 1. The maximum Gasteiger partial charge on any atom is 0.339 e. The largest absolute Gasteiger partial charge is 0.478 e. The summed E-state index contributed by atoms with van der Waals surface area (Å²) in [5, 5.41) is 9.24. The van der Waals surface area contributed by atoms with Crippen molar-refractivity contribution in [3.05, 3.63) is 23.5 Å². The number of nitrogens with zero attached hydrogens (tertiary/aromatic N) is 3. The van der Waals surface area contributed by atoms with E-state index in [4.69, 9.17) is 0 Å². The van der Waals surface area contributed by atoms with Crippen LogP contribution in [0.2, 0.25) is 0 Å². The fraction of sp³-hybridized carbons (Fsp3) is 0.571. The highest BCUT2D eigenvalue weighted by Gasteiger charge is 2.24. The van der Waals surface area contributed by atoms with Crippen molar-refractivity contribution in [2.75, 3.05) is 32.1 Å². The van der Waals surface area contributed by atoms with E-state index in [-0.39, 0.29) is 5.56 Å². The SMILES string of the molecule is Cc1cc(N(C)CC2CCCN2C)c(C(=O)O)cn1. The van der Waals surface area contributed by atoms with E-state index in [0.29, 0.717) is 6.04 Å². The fourth-order valence-corrected chi connectivity index (χ4v) is 2.65. The molecule has 2 rings (SSSR count). The molecule has 1 N–H and O–H groups in total. The summed E-state index contributed by atoms with van der Waals surface area (Å²) in [6, 6.07) is 2.35. The van der Waals surface area contributed by atoms with Crippen molar-refractivity contribution in [1.82, 2.24) is 9.88 Å². The molecule has 1 atom stereocenters. The molecule has 5 nitrogen and oxygen atoms in total. The Morgan fingerprint density at radius 3 is 2.95 bits per heavy atom. The molecule has 0 amide bonds. The second kappa shape index (κ2) is 5.57. The van der Waals surface area contributed by atoms with E-state index >= 15 is 0 Å². The molecule has 1 fully saturated rings. The van der Waals surface area contributed by atoms with Gasteiger partial charge in [-0.2, -0.15) is 0 Å². The first-order valence-electron chi connectivity index (χ1n) is 6.60. The molecule has 0 saturated carbocycles. The third-order valence-corrected chi connectivity index (χ3v) is 3.82. The highest BCUT2D eigenvalue weighted by Crippen LogP contribution is 2.23. The Morgan fingerprint density at radius 1 is 1.63 bits per heavy atom. The predicted molar refractivity (Wildman–Crippen MR) is 74.9 cm³/mol. The standard InChI is InChI=1S/C14H21N3O2/c1-10-7-13(12(8-15-10)14(18)19)17(3)9-11-5-4-6-16(11)2/h7-8,11H,4-6,9H2,1-3H3,(H,18,19). The number of hydrogen-bond donors (Lipinski definition) is 1. The van der Waals surface area contributed by atoms with Gasteiger partial charge in [-0.3, -0.25) is 4.98 Å². The number of pyridine rings is 1. The quantitative estimate of drug-likeness (QED) is 0.894. The second-order valence-electron chi connectivity index (χ2n) is 5.31. The summed E-state index contributed by atoms with van der Waals surface area (Å²) in [5.74, 6) is -0.922. The van der Waals surface area contributed by atoms with Crippen LogP contribution in [-0.2, 0) is 0 Å². The van der Waals surface area contributed by atoms with Crippen LogP contribution in [0.15, 0.2) is 12.3 Å². The highest BCUT2D eigenvalue weighted by molar-refractivity contribution is 5.94. The van der Waals surface area contributed by atoms with E-state index in [1.165, 1.54) is 19.0 Å². The summed E-state index contributed by atoms with van der Waals surface area (Å²) in [4.78, 5) is 19.7. The van der Waals surface area contributed by atoms with Crippen LogP contribution in [0.4, 0.5) is 5.69 Å². The monoisotopic (exact) mass is 263 g/mol. The van der Waals surface area contributed by atoms with Gasteiger partial charge in [-0.15, -0.1) is 0 Å². The van der Waals surface area contributed by atoms with E-state index in [0.717, 1.165) is 24.5 Å². The number of carboxylic acid groups (broad SMARTS) is 1. The van der Waals surface area contributed by atoms with Gasteiger partial charge in [0.15, 0.2) is 0 Å². The summed E-state index contributed by atoms with van der Waals surface area (Å²) in [6.07, 6.45) is 3.84. The van der Waals surface area contributed by atoms with Gasteiger partial charge in [0.05, 0.1) is 5.69 Å². The number of aromatic nitrogens is 1. The van der Waals surface area contributed by atoms with Crippen LogP contribution in [0.1, 0.15) is 28.9 Å². The van der Waals surface area contributed by atoms with Crippen molar-refractivity contribution in [2.45, 2.75) is 25.8 Å². The maximum atomic E-state index is 11.3. The first-order valence-corrected chi connectivity index (χ1v) is 6.60. The zero-order valence-electron chi connectivity index (χ0n) is 11.8. The Labute approximate surface area is 113 Å². The molecular weight excluding hydrogens is 242 g/mol. The second-order valence-corrected chi connectivity index (χ2v) is 5.31. The van der Waals surface area contributed by atoms with Gasteiger partial charge in [-0.25, -0.2) is 4.79 Å². The van der Waals surface area contributed by atoms with Crippen molar-refractivity contribution in [3.8, 4) is 0 Å². The first-order chi connectivity index (χ1) is 8.99. The molecule has 0 aromatic carbocycles. The predicted octanol–water partition coefficient (Wildman–Crippen LogP) is 1.62. The van der Waals surface area contributed by atoms with Gasteiger partial charge < -0.3 is 14.9 Å². The van der Waals surface area contributed by atoms with E-state index in [1.807, 2.05) is 24.9 Å². The summed E-state index contributed by atoms with van der Waals surface area (Å²) in [5.41, 5.74) is 1.86. The summed E-state index contributed by atoms with van der Waals surface area (Å²) >= 11 is 0. The van der Waals surface area contributed by atoms with E-state index < -0.39 is 5.97 Å². The number of carboxylic acids is 1. The molecule has 1 saturated heterocycles. The Balaban J connectivity index is 2.20. The molecule has 0 spiro atoms. The number of rotatable bonds is 4. The lowest BCUT2D eigenvalue weighted by Gasteiger charge is -2.28. The van der Waals surface area contributed by atoms with Crippen LogP contribution >= 0.6 is 0 Å². The van der Waals surface area contributed by atoms with Gasteiger partial charge in [-0.1, -0.05) is 0 Å². The smallest absolute Gasteiger partial charge is 0.339 e. The van der Waals surface area contributed by atoms with Gasteiger partial charge >= 0.3 is 5.97 Å². The van der Waals surface area contributed by atoms with Crippen LogP contribution < -0.4 is 4.90 Å². The van der Waals surface area contributed by atoms with Crippen LogP contribution in [0.25, 0.3) is 0 Å². The lowest BCUT2D eigenvalue weighted by Crippen LogP contribution is -2.37. The van der Waals surface area contributed by atoms with Crippen LogP contribution in [0.5, 0.6) is 0 Å². The topological polar surface area (TPSA) is 56.7 Å². The molecule has 0 bridgehead atoms. The Kier molecular flexibility index (Phi) is 4.04. The van der Waals surface area contributed by atoms with E-state index in [1.54, 1.807) is 0 Å². The number of aromatic carboxylic acids is 1. The molecule has 104 valence electrons. The minimum atomic E-state index is -0.922. The lowest BCUT2D eigenvalue weighted by atomic mass is 10.1. The molecule has 1 aromatic rings. The van der Waals surface area contributed by atoms with Gasteiger partial charge in [0, 0.05) is 31.5 Å². The third kappa shape index (κ3) is 3.04. The fourth-order valence-electron chi connectivity index (χ4n) is 2.65. The third-order valence-electron chi connectivity index (χ3n) is 3.82. The van der Waals surface area contributed by atoms with Crippen molar-refractivity contribution in [1.29, 1.82) is 0 Å². The summed E-state index contributed by atoms with van der Waals surface area (Å²) in [6.45, 7) is 3.85. The molecule has 1 aromatic heterocycles. The number of carbonyl (C=O) groups is 1. The van der Waals surface area contributed by atoms with Gasteiger partial charge in [0.1, 0.15) is 5.56 Å². The molecule has 1 aliphatic rings. The average molecular weight is 263 g/mol. The number of likely N-dealkylation sites (N-methyl/N-ethyl adjacent to an activating group) is 2. The van der Waals surface area contributed by atoms with Gasteiger partial charge in [0.25, 0.3) is 0 Å². The highest BCUT2D eigenvalue weighted by atomic mass is 16.4. The molecule has 1 unspecified atom stereocenters. The minimum absolute atomic E-state index is 0.272. The zero-order valence-corrected chi connectivity index (χ0v) is 11.8. The Hall–Kier alpha value is -1.62. The van der Waals surface area contributed by atoms with Crippen molar-refractivity contribution < 1.29 is 9.90 Å².